The van der Waals surface area contributed by atoms with E-state index >= 15 is 0 Å². The molecular formula is C9H13N3OS. The van der Waals surface area contributed by atoms with Crippen molar-refractivity contribution < 1.29 is 4.79 Å². The van der Waals surface area contributed by atoms with Crippen molar-refractivity contribution in [3.05, 3.63) is 12.2 Å². The minimum atomic E-state index is -0.483. The van der Waals surface area contributed by atoms with Crippen LogP contribution in [-0.4, -0.2) is 28.8 Å². The molecule has 76 valence electrons. The summed E-state index contributed by atoms with van der Waals surface area (Å²) in [5.41, 5.74) is 5.76. The van der Waals surface area contributed by atoms with Gasteiger partial charge in [-0.2, -0.15) is 11.8 Å². The monoisotopic (exact) mass is 211 g/mol. The standard InChI is InChI=1S/C9H13N3OS/c10-6-1-2-7(12-9(11)13)5-3-4-14-8(5)6/h1-2,5,7-8,10H,3-4H2,(H3,11,12,13). The molecule has 2 rings (SSSR count). The van der Waals surface area contributed by atoms with Crippen LogP contribution in [0.5, 0.6) is 0 Å². The van der Waals surface area contributed by atoms with Gasteiger partial charge in [-0.05, 0) is 18.2 Å². The second-order valence-corrected chi connectivity index (χ2v) is 4.84. The van der Waals surface area contributed by atoms with Gasteiger partial charge in [0.1, 0.15) is 0 Å². The fourth-order valence-electron chi connectivity index (χ4n) is 2.06. The molecule has 2 aliphatic rings. The molecule has 5 heteroatoms. The molecule has 4 N–H and O–H groups in total. The Morgan fingerprint density at radius 3 is 3.21 bits per heavy atom. The summed E-state index contributed by atoms with van der Waals surface area (Å²) >= 11 is 1.80. The van der Waals surface area contributed by atoms with Crippen molar-refractivity contribution in [1.82, 2.24) is 5.32 Å². The number of thioether (sulfide) groups is 1. The number of hydrogen-bond donors (Lipinski definition) is 3. The Kier molecular flexibility index (Phi) is 2.50. The largest absolute Gasteiger partial charge is 0.352 e. The van der Waals surface area contributed by atoms with Gasteiger partial charge in [0, 0.05) is 11.6 Å². The molecule has 2 amide bonds. The second kappa shape index (κ2) is 3.65. The summed E-state index contributed by atoms with van der Waals surface area (Å²) < 4.78 is 0. The van der Waals surface area contributed by atoms with Gasteiger partial charge in [0.25, 0.3) is 0 Å². The summed E-state index contributed by atoms with van der Waals surface area (Å²) in [6, 6.07) is -0.467. The highest BCUT2D eigenvalue weighted by atomic mass is 32.2. The van der Waals surface area contributed by atoms with Gasteiger partial charge >= 0.3 is 6.03 Å². The number of fused-ring (bicyclic) bond motifs is 1. The molecule has 4 nitrogen and oxygen atoms in total. The van der Waals surface area contributed by atoms with E-state index in [9.17, 15) is 4.79 Å². The number of rotatable bonds is 1. The molecule has 1 heterocycles. The highest BCUT2D eigenvalue weighted by Crippen LogP contribution is 2.37. The van der Waals surface area contributed by atoms with Crippen molar-refractivity contribution in [2.45, 2.75) is 17.7 Å². The van der Waals surface area contributed by atoms with Crippen molar-refractivity contribution >= 4 is 23.5 Å². The van der Waals surface area contributed by atoms with E-state index in [0.29, 0.717) is 11.6 Å². The summed E-state index contributed by atoms with van der Waals surface area (Å²) in [4.78, 5) is 10.8. The zero-order valence-corrected chi connectivity index (χ0v) is 8.51. The van der Waals surface area contributed by atoms with Crippen LogP contribution < -0.4 is 11.1 Å². The number of allylic oxidation sites excluding steroid dienone is 1. The maximum atomic E-state index is 10.8. The van der Waals surface area contributed by atoms with Gasteiger partial charge in [-0.25, -0.2) is 4.79 Å². The second-order valence-electron chi connectivity index (χ2n) is 3.59. The SMILES string of the molecule is N=C1C=CC(NC(N)=O)C2CCSC12. The number of amides is 2. The van der Waals surface area contributed by atoms with Gasteiger partial charge in [-0.3, -0.25) is 0 Å². The Morgan fingerprint density at radius 2 is 2.50 bits per heavy atom. The predicted octanol–water partition coefficient (Wildman–Crippen LogP) is 0.735. The van der Waals surface area contributed by atoms with Crippen LogP contribution in [0.4, 0.5) is 4.79 Å². The Bertz CT molecular complexity index is 302. The first kappa shape index (κ1) is 9.58. The van der Waals surface area contributed by atoms with Gasteiger partial charge < -0.3 is 16.5 Å². The first-order chi connectivity index (χ1) is 6.68. The third-order valence-corrected chi connectivity index (χ3v) is 4.13. The van der Waals surface area contributed by atoms with E-state index in [-0.39, 0.29) is 11.3 Å². The average molecular weight is 211 g/mol. The fourth-order valence-corrected chi connectivity index (χ4v) is 3.53. The Morgan fingerprint density at radius 1 is 1.71 bits per heavy atom. The molecule has 1 aliphatic heterocycles. The molecule has 1 saturated heterocycles. The number of primary amides is 1. The first-order valence-corrected chi connectivity index (χ1v) is 5.67. The molecule has 0 bridgehead atoms. The molecule has 0 aromatic carbocycles. The van der Waals surface area contributed by atoms with E-state index in [1.54, 1.807) is 17.8 Å². The number of carbonyl (C=O) groups is 1. The Hall–Kier alpha value is -0.970. The van der Waals surface area contributed by atoms with Crippen molar-refractivity contribution in [3.63, 3.8) is 0 Å². The zero-order chi connectivity index (χ0) is 10.1. The zero-order valence-electron chi connectivity index (χ0n) is 7.69. The van der Waals surface area contributed by atoms with Crippen molar-refractivity contribution in [1.29, 1.82) is 5.41 Å². The van der Waals surface area contributed by atoms with Gasteiger partial charge in [0.05, 0.1) is 11.3 Å². The minimum absolute atomic E-state index is 0.0154. The van der Waals surface area contributed by atoms with Gasteiger partial charge in [-0.1, -0.05) is 6.08 Å². The number of nitrogens with two attached hydrogens (primary N) is 1. The van der Waals surface area contributed by atoms with E-state index in [2.05, 4.69) is 5.32 Å². The molecule has 0 saturated carbocycles. The lowest BCUT2D eigenvalue weighted by atomic mass is 9.86. The lowest BCUT2D eigenvalue weighted by Crippen LogP contribution is -2.47. The number of carbonyl (C=O) groups excluding carboxylic acids is 1. The summed E-state index contributed by atoms with van der Waals surface area (Å²) in [6.45, 7) is 0. The average Bonchev–Trinajstić information content (AvgIpc) is 2.58. The van der Waals surface area contributed by atoms with E-state index < -0.39 is 6.03 Å². The topological polar surface area (TPSA) is 79.0 Å². The van der Waals surface area contributed by atoms with Crippen LogP contribution in [0, 0.1) is 11.3 Å². The number of urea groups is 1. The lowest BCUT2D eigenvalue weighted by molar-refractivity contribution is 0.243. The van der Waals surface area contributed by atoms with Gasteiger partial charge in [0.15, 0.2) is 0 Å². The normalized spacial score (nSPS) is 35.4. The lowest BCUT2D eigenvalue weighted by Gasteiger charge is -2.29. The van der Waals surface area contributed by atoms with Crippen molar-refractivity contribution in [2.24, 2.45) is 11.7 Å². The van der Waals surface area contributed by atoms with Crippen LogP contribution in [0.25, 0.3) is 0 Å². The highest BCUT2D eigenvalue weighted by Gasteiger charge is 2.38. The van der Waals surface area contributed by atoms with Crippen LogP contribution in [0.15, 0.2) is 12.2 Å². The van der Waals surface area contributed by atoms with Crippen molar-refractivity contribution in [3.8, 4) is 0 Å². The predicted molar refractivity (Wildman–Crippen MR) is 57.7 cm³/mol. The smallest absolute Gasteiger partial charge is 0.312 e. The van der Waals surface area contributed by atoms with E-state index in [0.717, 1.165) is 12.2 Å². The quantitative estimate of drug-likeness (QED) is 0.598. The molecule has 0 aromatic rings. The maximum Gasteiger partial charge on any atom is 0.312 e. The van der Waals surface area contributed by atoms with E-state index in [4.69, 9.17) is 11.1 Å². The number of hydrogen-bond acceptors (Lipinski definition) is 3. The Labute approximate surface area is 86.8 Å². The van der Waals surface area contributed by atoms with Crippen LogP contribution in [0.2, 0.25) is 0 Å². The highest BCUT2D eigenvalue weighted by molar-refractivity contribution is 8.00. The van der Waals surface area contributed by atoms with Crippen LogP contribution in [0.3, 0.4) is 0 Å². The molecule has 0 radical (unpaired) electrons. The molecule has 1 fully saturated rings. The van der Waals surface area contributed by atoms with Gasteiger partial charge in [0.2, 0.25) is 0 Å². The summed E-state index contributed by atoms with van der Waals surface area (Å²) in [5, 5.41) is 10.7. The summed E-state index contributed by atoms with van der Waals surface area (Å²) in [5.74, 6) is 1.42. The third kappa shape index (κ3) is 1.64. The molecule has 1 aliphatic carbocycles. The summed E-state index contributed by atoms with van der Waals surface area (Å²) in [7, 11) is 0. The van der Waals surface area contributed by atoms with E-state index in [1.165, 1.54) is 0 Å². The van der Waals surface area contributed by atoms with Crippen LogP contribution >= 0.6 is 11.8 Å². The first-order valence-electron chi connectivity index (χ1n) is 4.62. The fraction of sp³-hybridized carbons (Fsp3) is 0.556. The number of nitrogens with one attached hydrogen (secondary N) is 2. The van der Waals surface area contributed by atoms with Crippen molar-refractivity contribution in [2.75, 3.05) is 5.75 Å². The molecule has 0 aromatic heterocycles. The van der Waals surface area contributed by atoms with Crippen LogP contribution in [-0.2, 0) is 0 Å². The van der Waals surface area contributed by atoms with E-state index in [1.807, 2.05) is 6.08 Å². The molecule has 3 unspecified atom stereocenters. The summed E-state index contributed by atoms with van der Waals surface area (Å²) in [6.07, 6.45) is 4.70. The molecule has 0 spiro atoms. The third-order valence-electron chi connectivity index (χ3n) is 2.70. The van der Waals surface area contributed by atoms with Crippen LogP contribution in [0.1, 0.15) is 6.42 Å². The Balaban J connectivity index is 2.14. The minimum Gasteiger partial charge on any atom is -0.352 e. The molecule has 14 heavy (non-hydrogen) atoms. The molecule has 3 atom stereocenters. The maximum absolute atomic E-state index is 10.8. The van der Waals surface area contributed by atoms with Gasteiger partial charge in [-0.15, -0.1) is 0 Å². The molecular weight excluding hydrogens is 198 g/mol.